The Balaban J connectivity index is 1.61. The summed E-state index contributed by atoms with van der Waals surface area (Å²) in [5, 5.41) is 3.27. The van der Waals surface area contributed by atoms with Gasteiger partial charge < -0.3 is 15.1 Å². The summed E-state index contributed by atoms with van der Waals surface area (Å²) in [6, 6.07) is 7.92. The maximum atomic E-state index is 12.5. The highest BCUT2D eigenvalue weighted by Crippen LogP contribution is 2.28. The average molecular weight is 380 g/mol. The molecule has 0 radical (unpaired) electrons. The molecule has 26 heavy (non-hydrogen) atoms. The van der Waals surface area contributed by atoms with Crippen molar-refractivity contribution >= 4 is 27.1 Å². The number of benzene rings is 1. The third kappa shape index (κ3) is 4.69. The second-order valence-corrected chi connectivity index (χ2v) is 9.56. The topological polar surface area (TPSA) is 69.7 Å². The van der Waals surface area contributed by atoms with E-state index in [0.29, 0.717) is 6.42 Å². The van der Waals surface area contributed by atoms with E-state index in [1.807, 2.05) is 18.2 Å². The molecule has 0 aliphatic carbocycles. The smallest absolute Gasteiger partial charge is 0.241 e. The lowest BCUT2D eigenvalue weighted by Crippen LogP contribution is -2.41. The van der Waals surface area contributed by atoms with E-state index in [-0.39, 0.29) is 30.0 Å². The summed E-state index contributed by atoms with van der Waals surface area (Å²) in [5.41, 5.74) is 2.11. The molecular formula is C19H29N3O3S. The van der Waals surface area contributed by atoms with Gasteiger partial charge in [-0.25, -0.2) is 8.42 Å². The average Bonchev–Trinajstić information content (AvgIpc) is 2.84. The Kier molecular flexibility index (Phi) is 6.06. The van der Waals surface area contributed by atoms with Gasteiger partial charge in [0.05, 0.1) is 29.4 Å². The number of hydrogen-bond acceptors (Lipinski definition) is 5. The van der Waals surface area contributed by atoms with Gasteiger partial charge in [0.1, 0.15) is 0 Å². The maximum absolute atomic E-state index is 12.5. The first-order valence-corrected chi connectivity index (χ1v) is 11.3. The summed E-state index contributed by atoms with van der Waals surface area (Å²) in [5.74, 6) is 0.192. The predicted molar refractivity (Wildman–Crippen MR) is 105 cm³/mol. The summed E-state index contributed by atoms with van der Waals surface area (Å²) in [6.07, 6.45) is 5.49. The highest BCUT2D eigenvalue weighted by molar-refractivity contribution is 7.91. The molecule has 2 saturated heterocycles. The fraction of sp³-hybridized carbons (Fsp3) is 0.632. The SMILES string of the molecule is CN(C(=O)CNc1ccccc1N1CCCCCC1)[C@H]1CCS(=O)(=O)C1. The number of carbonyl (C=O) groups is 1. The predicted octanol–water partition coefficient (Wildman–Crippen LogP) is 2.12. The summed E-state index contributed by atoms with van der Waals surface area (Å²) in [7, 11) is -1.28. The van der Waals surface area contributed by atoms with Crippen molar-refractivity contribution in [2.75, 3.05) is 48.4 Å². The van der Waals surface area contributed by atoms with Gasteiger partial charge in [-0.2, -0.15) is 0 Å². The highest BCUT2D eigenvalue weighted by Gasteiger charge is 2.32. The normalized spacial score (nSPS) is 22.7. The first kappa shape index (κ1) is 19.0. The van der Waals surface area contributed by atoms with E-state index < -0.39 is 9.84 Å². The molecule has 0 aromatic heterocycles. The zero-order chi connectivity index (χ0) is 18.6. The number of sulfone groups is 1. The molecule has 0 spiro atoms. The summed E-state index contributed by atoms with van der Waals surface area (Å²) >= 11 is 0. The number of rotatable bonds is 5. The molecule has 1 N–H and O–H groups in total. The Labute approximate surface area is 156 Å². The van der Waals surface area contributed by atoms with E-state index >= 15 is 0 Å². The second kappa shape index (κ2) is 8.29. The lowest BCUT2D eigenvalue weighted by atomic mass is 10.2. The minimum atomic E-state index is -2.99. The van der Waals surface area contributed by atoms with Crippen molar-refractivity contribution in [3.05, 3.63) is 24.3 Å². The van der Waals surface area contributed by atoms with E-state index in [1.165, 1.54) is 25.7 Å². The van der Waals surface area contributed by atoms with E-state index in [0.717, 1.165) is 24.5 Å². The van der Waals surface area contributed by atoms with Crippen LogP contribution < -0.4 is 10.2 Å². The minimum Gasteiger partial charge on any atom is -0.374 e. The van der Waals surface area contributed by atoms with Gasteiger partial charge in [0, 0.05) is 26.2 Å². The first-order chi connectivity index (χ1) is 12.5. The van der Waals surface area contributed by atoms with Crippen LogP contribution in [0.2, 0.25) is 0 Å². The third-order valence-corrected chi connectivity index (χ3v) is 7.18. The quantitative estimate of drug-likeness (QED) is 0.849. The highest BCUT2D eigenvalue weighted by atomic mass is 32.2. The van der Waals surface area contributed by atoms with E-state index in [1.54, 1.807) is 11.9 Å². The van der Waals surface area contributed by atoms with Crippen LogP contribution in [0.25, 0.3) is 0 Å². The van der Waals surface area contributed by atoms with E-state index in [9.17, 15) is 13.2 Å². The second-order valence-electron chi connectivity index (χ2n) is 7.33. The Hall–Kier alpha value is -1.76. The maximum Gasteiger partial charge on any atom is 0.241 e. The molecule has 0 unspecified atom stereocenters. The number of anilines is 2. The van der Waals surface area contributed by atoms with Crippen molar-refractivity contribution < 1.29 is 13.2 Å². The zero-order valence-electron chi connectivity index (χ0n) is 15.5. The van der Waals surface area contributed by atoms with Crippen molar-refractivity contribution in [2.24, 2.45) is 0 Å². The molecule has 1 amide bonds. The Morgan fingerprint density at radius 2 is 1.88 bits per heavy atom. The van der Waals surface area contributed by atoms with Gasteiger partial charge in [-0.1, -0.05) is 25.0 Å². The molecule has 144 valence electrons. The van der Waals surface area contributed by atoms with Crippen molar-refractivity contribution in [3.8, 4) is 0 Å². The zero-order valence-corrected chi connectivity index (χ0v) is 16.3. The molecule has 3 rings (SSSR count). The Bertz CT molecular complexity index is 727. The molecule has 6 nitrogen and oxygen atoms in total. The van der Waals surface area contributed by atoms with Gasteiger partial charge in [0.15, 0.2) is 9.84 Å². The minimum absolute atomic E-state index is 0.0715. The van der Waals surface area contributed by atoms with Crippen LogP contribution in [0.3, 0.4) is 0 Å². The molecule has 7 heteroatoms. The lowest BCUT2D eigenvalue weighted by Gasteiger charge is -2.27. The fourth-order valence-corrected chi connectivity index (χ4v) is 5.56. The summed E-state index contributed by atoms with van der Waals surface area (Å²) in [6.45, 7) is 2.27. The fourth-order valence-electron chi connectivity index (χ4n) is 3.79. The molecule has 0 bridgehead atoms. The van der Waals surface area contributed by atoms with Crippen LogP contribution in [0, 0.1) is 0 Å². The van der Waals surface area contributed by atoms with Crippen LogP contribution in [0.1, 0.15) is 32.1 Å². The molecule has 1 aromatic carbocycles. The molecule has 2 fully saturated rings. The number of amides is 1. The van der Waals surface area contributed by atoms with Gasteiger partial charge in [-0.3, -0.25) is 4.79 Å². The van der Waals surface area contributed by atoms with Crippen LogP contribution in [-0.2, 0) is 14.6 Å². The van der Waals surface area contributed by atoms with Crippen LogP contribution in [0.4, 0.5) is 11.4 Å². The molecule has 2 heterocycles. The first-order valence-electron chi connectivity index (χ1n) is 9.50. The standard InChI is InChI=1S/C19H29N3O3S/c1-21(16-10-13-26(24,25)15-16)19(23)14-20-17-8-4-5-9-18(17)22-11-6-2-3-7-12-22/h4-5,8-9,16,20H,2-3,6-7,10-15H2,1H3/t16-/m0/s1. The number of carbonyl (C=O) groups excluding carboxylic acids is 1. The third-order valence-electron chi connectivity index (χ3n) is 5.43. The van der Waals surface area contributed by atoms with Gasteiger partial charge in [-0.15, -0.1) is 0 Å². The number of hydrogen-bond donors (Lipinski definition) is 1. The lowest BCUT2D eigenvalue weighted by molar-refractivity contribution is -0.129. The number of para-hydroxylation sites is 2. The van der Waals surface area contributed by atoms with Crippen molar-refractivity contribution in [1.82, 2.24) is 4.90 Å². The van der Waals surface area contributed by atoms with Crippen molar-refractivity contribution in [3.63, 3.8) is 0 Å². The largest absolute Gasteiger partial charge is 0.374 e. The van der Waals surface area contributed by atoms with Gasteiger partial charge in [-0.05, 0) is 31.4 Å². The van der Waals surface area contributed by atoms with Crippen LogP contribution >= 0.6 is 0 Å². The van der Waals surface area contributed by atoms with Crippen molar-refractivity contribution in [1.29, 1.82) is 0 Å². The van der Waals surface area contributed by atoms with Gasteiger partial charge >= 0.3 is 0 Å². The van der Waals surface area contributed by atoms with Crippen LogP contribution in [0.15, 0.2) is 24.3 Å². The molecule has 0 saturated carbocycles. The molecule has 2 aliphatic rings. The summed E-state index contributed by atoms with van der Waals surface area (Å²) < 4.78 is 23.3. The Morgan fingerprint density at radius 3 is 2.54 bits per heavy atom. The van der Waals surface area contributed by atoms with E-state index in [4.69, 9.17) is 0 Å². The summed E-state index contributed by atoms with van der Waals surface area (Å²) in [4.78, 5) is 16.5. The van der Waals surface area contributed by atoms with Gasteiger partial charge in [0.2, 0.25) is 5.91 Å². The van der Waals surface area contributed by atoms with Gasteiger partial charge in [0.25, 0.3) is 0 Å². The van der Waals surface area contributed by atoms with Crippen LogP contribution in [0.5, 0.6) is 0 Å². The molecule has 1 atom stereocenters. The van der Waals surface area contributed by atoms with E-state index in [2.05, 4.69) is 16.3 Å². The number of likely N-dealkylation sites (N-methyl/N-ethyl adjacent to an activating group) is 1. The number of nitrogens with zero attached hydrogens (tertiary/aromatic N) is 2. The van der Waals surface area contributed by atoms with Crippen LogP contribution in [-0.4, -0.2) is 63.5 Å². The monoisotopic (exact) mass is 379 g/mol. The Morgan fingerprint density at radius 1 is 1.19 bits per heavy atom. The van der Waals surface area contributed by atoms with Crippen molar-refractivity contribution in [2.45, 2.75) is 38.1 Å². The molecule has 2 aliphatic heterocycles. The molecular weight excluding hydrogens is 350 g/mol. The molecule has 1 aromatic rings. The number of nitrogens with one attached hydrogen (secondary N) is 1.